The lowest BCUT2D eigenvalue weighted by Crippen LogP contribution is -2.40. The molecule has 0 saturated carbocycles. The minimum absolute atomic E-state index is 0.0542. The molecule has 2 aromatic rings. The Bertz CT molecular complexity index is 1100. The molecule has 0 atom stereocenters. The third-order valence-electron chi connectivity index (χ3n) is 5.85. The van der Waals surface area contributed by atoms with Crippen molar-refractivity contribution in [3.63, 3.8) is 0 Å². The fourth-order valence-electron chi connectivity index (χ4n) is 3.99. The Kier molecular flexibility index (Phi) is 8.68. The number of rotatable bonds is 9. The number of likely N-dealkylation sites (tertiary alicyclic amines) is 1. The van der Waals surface area contributed by atoms with Gasteiger partial charge in [0.2, 0.25) is 10.0 Å². The molecule has 0 aromatic heterocycles. The first kappa shape index (κ1) is 25.7. The molecule has 1 aliphatic rings. The van der Waals surface area contributed by atoms with Crippen molar-refractivity contribution in [2.24, 2.45) is 5.92 Å². The summed E-state index contributed by atoms with van der Waals surface area (Å²) in [6.07, 6.45) is 1.12. The van der Waals surface area contributed by atoms with Crippen molar-refractivity contribution in [1.82, 2.24) is 9.21 Å². The Balaban J connectivity index is 1.77. The summed E-state index contributed by atoms with van der Waals surface area (Å²) in [4.78, 5) is 27.1. The number of hydrogen-bond acceptors (Lipinski definition) is 6. The summed E-state index contributed by atoms with van der Waals surface area (Å²) < 4.78 is 38.0. The van der Waals surface area contributed by atoms with Crippen molar-refractivity contribution >= 4 is 21.9 Å². The first-order valence-electron chi connectivity index (χ1n) is 11.5. The minimum atomic E-state index is -3.70. The van der Waals surface area contributed by atoms with E-state index in [9.17, 15) is 18.0 Å². The summed E-state index contributed by atoms with van der Waals surface area (Å²) in [7, 11) is -2.20. The van der Waals surface area contributed by atoms with Gasteiger partial charge < -0.3 is 14.4 Å². The van der Waals surface area contributed by atoms with Gasteiger partial charge in [0.1, 0.15) is 5.75 Å². The summed E-state index contributed by atoms with van der Waals surface area (Å²) in [6, 6.07) is 13.3. The largest absolute Gasteiger partial charge is 0.494 e. The van der Waals surface area contributed by atoms with Gasteiger partial charge in [0.05, 0.1) is 24.0 Å². The van der Waals surface area contributed by atoms with Gasteiger partial charge in [-0.2, -0.15) is 4.31 Å². The fraction of sp³-hybridized carbons (Fsp3) is 0.440. The zero-order chi connectivity index (χ0) is 24.7. The van der Waals surface area contributed by atoms with E-state index < -0.39 is 10.0 Å². The highest BCUT2D eigenvalue weighted by Gasteiger charge is 2.29. The van der Waals surface area contributed by atoms with Crippen molar-refractivity contribution in [1.29, 1.82) is 0 Å². The maximum Gasteiger partial charge on any atom is 0.309 e. The highest BCUT2D eigenvalue weighted by Crippen LogP contribution is 2.26. The van der Waals surface area contributed by atoms with Crippen LogP contribution in [0.5, 0.6) is 5.75 Å². The van der Waals surface area contributed by atoms with E-state index >= 15 is 0 Å². The second-order valence-corrected chi connectivity index (χ2v) is 10.2. The number of benzene rings is 2. The van der Waals surface area contributed by atoms with Gasteiger partial charge in [0.25, 0.3) is 5.91 Å². The fourth-order valence-corrected chi connectivity index (χ4v) is 5.16. The predicted octanol–water partition coefficient (Wildman–Crippen LogP) is 3.32. The van der Waals surface area contributed by atoms with Gasteiger partial charge in [-0.3, -0.25) is 9.59 Å². The zero-order valence-corrected chi connectivity index (χ0v) is 20.7. The number of piperidine rings is 1. The van der Waals surface area contributed by atoms with E-state index in [1.807, 2.05) is 6.92 Å². The van der Waals surface area contributed by atoms with Crippen LogP contribution in [0.4, 0.5) is 0 Å². The first-order valence-corrected chi connectivity index (χ1v) is 12.9. The van der Waals surface area contributed by atoms with Crippen molar-refractivity contribution in [2.75, 3.05) is 33.4 Å². The van der Waals surface area contributed by atoms with Crippen LogP contribution in [0.3, 0.4) is 0 Å². The molecule has 0 aliphatic carbocycles. The quantitative estimate of drug-likeness (QED) is 0.503. The molecule has 1 aliphatic heterocycles. The lowest BCUT2D eigenvalue weighted by atomic mass is 9.96. The van der Waals surface area contributed by atoms with Gasteiger partial charge in [-0.05, 0) is 57.0 Å². The number of esters is 1. The Morgan fingerprint density at radius 2 is 1.71 bits per heavy atom. The molecular formula is C25H32N2O6S. The van der Waals surface area contributed by atoms with Gasteiger partial charge in [-0.25, -0.2) is 8.42 Å². The van der Waals surface area contributed by atoms with Crippen molar-refractivity contribution in [3.05, 3.63) is 59.7 Å². The molecule has 0 spiro atoms. The molecule has 1 saturated heterocycles. The predicted molar refractivity (Wildman–Crippen MR) is 128 cm³/mol. The van der Waals surface area contributed by atoms with Crippen molar-refractivity contribution < 1.29 is 27.5 Å². The van der Waals surface area contributed by atoms with E-state index in [4.69, 9.17) is 9.47 Å². The SMILES string of the molecule is CCOC(=O)C1CCN(C(=O)c2ccc(OCC)c(CN(C)S(=O)(=O)c3ccccc3)c2)CC1. The highest BCUT2D eigenvalue weighted by atomic mass is 32.2. The van der Waals surface area contributed by atoms with Crippen LogP contribution in [0.2, 0.25) is 0 Å². The zero-order valence-electron chi connectivity index (χ0n) is 19.9. The summed E-state index contributed by atoms with van der Waals surface area (Å²) in [5, 5.41) is 0. The Morgan fingerprint density at radius 1 is 1.03 bits per heavy atom. The summed E-state index contributed by atoms with van der Waals surface area (Å²) in [5.41, 5.74) is 1.06. The van der Waals surface area contributed by atoms with E-state index in [1.165, 1.54) is 11.4 Å². The maximum atomic E-state index is 13.2. The van der Waals surface area contributed by atoms with Crippen molar-refractivity contribution in [2.45, 2.75) is 38.1 Å². The molecule has 0 bridgehead atoms. The Hall–Kier alpha value is -2.91. The third kappa shape index (κ3) is 5.95. The molecule has 34 heavy (non-hydrogen) atoms. The summed E-state index contributed by atoms with van der Waals surface area (Å²) in [6.45, 7) is 5.38. The molecule has 0 N–H and O–H groups in total. The number of amides is 1. The normalized spacial score (nSPS) is 14.8. The molecule has 8 nitrogen and oxygen atoms in total. The van der Waals surface area contributed by atoms with Crippen molar-refractivity contribution in [3.8, 4) is 5.75 Å². The third-order valence-corrected chi connectivity index (χ3v) is 7.67. The second kappa shape index (κ2) is 11.5. The molecule has 0 unspecified atom stereocenters. The number of hydrogen-bond donors (Lipinski definition) is 0. The van der Waals surface area contributed by atoms with E-state index in [0.29, 0.717) is 56.0 Å². The van der Waals surface area contributed by atoms with Gasteiger partial charge in [-0.15, -0.1) is 0 Å². The lowest BCUT2D eigenvalue weighted by molar-refractivity contribution is -0.149. The van der Waals surface area contributed by atoms with E-state index in [-0.39, 0.29) is 29.2 Å². The second-order valence-electron chi connectivity index (χ2n) is 8.15. The number of sulfonamides is 1. The molecule has 2 aromatic carbocycles. The lowest BCUT2D eigenvalue weighted by Gasteiger charge is -2.31. The van der Waals surface area contributed by atoms with Crippen LogP contribution in [-0.2, 0) is 26.1 Å². The molecule has 3 rings (SSSR count). The van der Waals surface area contributed by atoms with Crippen LogP contribution in [0.1, 0.15) is 42.6 Å². The minimum Gasteiger partial charge on any atom is -0.494 e. The molecule has 0 radical (unpaired) electrons. The van der Waals surface area contributed by atoms with E-state index in [2.05, 4.69) is 0 Å². The molecule has 1 amide bonds. The maximum absolute atomic E-state index is 13.2. The van der Waals surface area contributed by atoms with Gasteiger partial charge in [0, 0.05) is 37.8 Å². The number of ether oxygens (including phenoxy) is 2. The Morgan fingerprint density at radius 3 is 2.32 bits per heavy atom. The summed E-state index contributed by atoms with van der Waals surface area (Å²) >= 11 is 0. The topological polar surface area (TPSA) is 93.2 Å². The molecule has 1 heterocycles. The van der Waals surface area contributed by atoms with Crippen LogP contribution in [0, 0.1) is 5.92 Å². The Labute approximate surface area is 201 Å². The average molecular weight is 489 g/mol. The van der Waals surface area contributed by atoms with Crippen LogP contribution >= 0.6 is 0 Å². The highest BCUT2D eigenvalue weighted by molar-refractivity contribution is 7.89. The molecule has 184 valence electrons. The van der Waals surface area contributed by atoms with E-state index in [1.54, 1.807) is 60.4 Å². The van der Waals surface area contributed by atoms with Crippen LogP contribution < -0.4 is 4.74 Å². The number of carbonyl (C=O) groups excluding carboxylic acids is 2. The molecular weight excluding hydrogens is 456 g/mol. The first-order chi connectivity index (χ1) is 16.3. The molecule has 1 fully saturated rings. The smallest absolute Gasteiger partial charge is 0.309 e. The number of carbonyl (C=O) groups is 2. The summed E-state index contributed by atoms with van der Waals surface area (Å²) in [5.74, 6) is -0.00675. The van der Waals surface area contributed by atoms with E-state index in [0.717, 1.165) is 0 Å². The average Bonchev–Trinajstić information content (AvgIpc) is 2.85. The standard InChI is InChI=1S/C25H32N2O6S/c1-4-32-23-12-11-20(24(28)27-15-13-19(14-16-27)25(29)33-5-2)17-21(23)18-26(3)34(30,31)22-9-7-6-8-10-22/h6-12,17,19H,4-5,13-16,18H2,1-3H3. The number of nitrogens with zero attached hydrogens (tertiary/aromatic N) is 2. The van der Waals surface area contributed by atoms with Crippen LogP contribution in [-0.4, -0.2) is 62.9 Å². The van der Waals surface area contributed by atoms with Gasteiger partial charge in [0.15, 0.2) is 0 Å². The van der Waals surface area contributed by atoms with Crippen LogP contribution in [0.25, 0.3) is 0 Å². The van der Waals surface area contributed by atoms with Gasteiger partial charge in [-0.1, -0.05) is 18.2 Å². The molecule has 9 heteroatoms. The van der Waals surface area contributed by atoms with Crippen LogP contribution in [0.15, 0.2) is 53.4 Å². The monoisotopic (exact) mass is 488 g/mol. The van der Waals surface area contributed by atoms with Gasteiger partial charge >= 0.3 is 5.97 Å².